The summed E-state index contributed by atoms with van der Waals surface area (Å²) in [4.78, 5) is 15.6. The van der Waals surface area contributed by atoms with E-state index < -0.39 is 0 Å². The second-order valence-electron chi connectivity index (χ2n) is 3.89. The fraction of sp³-hybridized carbons (Fsp3) is 0.455. The van der Waals surface area contributed by atoms with Crippen molar-refractivity contribution in [1.82, 2.24) is 15.6 Å². The molecule has 1 aliphatic heterocycles. The van der Waals surface area contributed by atoms with Gasteiger partial charge in [0.05, 0.1) is 0 Å². The van der Waals surface area contributed by atoms with Gasteiger partial charge in [-0.15, -0.1) is 0 Å². The van der Waals surface area contributed by atoms with Gasteiger partial charge in [-0.1, -0.05) is 0 Å². The van der Waals surface area contributed by atoms with E-state index in [-0.39, 0.29) is 23.4 Å². The van der Waals surface area contributed by atoms with Crippen molar-refractivity contribution in [3.8, 4) is 5.75 Å². The maximum atomic E-state index is 11.8. The minimum Gasteiger partial charge on any atom is -0.505 e. The molecule has 2 rings (SSSR count). The number of nitrogens with one attached hydrogen (secondary N) is 2. The number of carbonyl (C=O) groups excluding carboxylic acids is 1. The molecule has 16 heavy (non-hydrogen) atoms. The first-order valence-electron chi connectivity index (χ1n) is 5.43. The van der Waals surface area contributed by atoms with Crippen molar-refractivity contribution >= 4 is 5.91 Å². The number of pyridine rings is 1. The monoisotopic (exact) mass is 221 g/mol. The maximum Gasteiger partial charge on any atom is 0.273 e. The normalized spacial score (nSPS) is 20.4. The molecular weight excluding hydrogens is 206 g/mol. The summed E-state index contributed by atoms with van der Waals surface area (Å²) in [5.41, 5.74) is 0.0908. The number of piperidine rings is 1. The maximum absolute atomic E-state index is 11.8. The average Bonchev–Trinajstić information content (AvgIpc) is 2.31. The van der Waals surface area contributed by atoms with Gasteiger partial charge in [0.25, 0.3) is 5.91 Å². The Balaban J connectivity index is 2.00. The summed E-state index contributed by atoms with van der Waals surface area (Å²) in [5.74, 6) is -0.393. The molecule has 0 unspecified atom stereocenters. The Kier molecular flexibility index (Phi) is 3.36. The topological polar surface area (TPSA) is 74.2 Å². The highest BCUT2D eigenvalue weighted by Crippen LogP contribution is 2.13. The lowest BCUT2D eigenvalue weighted by Gasteiger charge is -2.23. The van der Waals surface area contributed by atoms with Gasteiger partial charge in [-0.05, 0) is 31.5 Å². The van der Waals surface area contributed by atoms with Crippen LogP contribution in [-0.4, -0.2) is 35.1 Å². The SMILES string of the molecule is O=C(N[C@H]1CCCNC1)c1ncccc1O. The zero-order valence-electron chi connectivity index (χ0n) is 8.94. The molecule has 0 radical (unpaired) electrons. The molecule has 3 N–H and O–H groups in total. The van der Waals surface area contributed by atoms with Gasteiger partial charge in [0.2, 0.25) is 0 Å². The summed E-state index contributed by atoms with van der Waals surface area (Å²) in [6.45, 7) is 1.78. The first kappa shape index (κ1) is 10.9. The van der Waals surface area contributed by atoms with Crippen LogP contribution >= 0.6 is 0 Å². The number of amides is 1. The average molecular weight is 221 g/mol. The van der Waals surface area contributed by atoms with Crippen LogP contribution in [0.4, 0.5) is 0 Å². The van der Waals surface area contributed by atoms with Crippen LogP contribution in [0.3, 0.4) is 0 Å². The molecule has 1 aliphatic rings. The molecule has 1 aromatic heterocycles. The van der Waals surface area contributed by atoms with Crippen molar-refractivity contribution in [2.75, 3.05) is 13.1 Å². The Morgan fingerprint density at radius 1 is 1.62 bits per heavy atom. The largest absolute Gasteiger partial charge is 0.505 e. The zero-order chi connectivity index (χ0) is 11.4. The lowest BCUT2D eigenvalue weighted by atomic mass is 10.1. The summed E-state index contributed by atoms with van der Waals surface area (Å²) in [7, 11) is 0. The molecule has 0 aromatic carbocycles. The lowest BCUT2D eigenvalue weighted by Crippen LogP contribution is -2.45. The van der Waals surface area contributed by atoms with Crippen LogP contribution in [0.5, 0.6) is 5.75 Å². The Morgan fingerprint density at radius 2 is 2.50 bits per heavy atom. The second kappa shape index (κ2) is 4.94. The molecular formula is C11H15N3O2. The Labute approximate surface area is 93.9 Å². The number of hydrogen-bond donors (Lipinski definition) is 3. The van der Waals surface area contributed by atoms with Crippen LogP contribution in [0.15, 0.2) is 18.3 Å². The van der Waals surface area contributed by atoms with Gasteiger partial charge in [-0.3, -0.25) is 4.79 Å². The first-order valence-corrected chi connectivity index (χ1v) is 5.43. The van der Waals surface area contributed by atoms with Crippen LogP contribution < -0.4 is 10.6 Å². The molecule has 1 saturated heterocycles. The van der Waals surface area contributed by atoms with E-state index in [0.29, 0.717) is 0 Å². The van der Waals surface area contributed by atoms with Gasteiger partial charge < -0.3 is 15.7 Å². The molecule has 1 atom stereocenters. The third-order valence-electron chi connectivity index (χ3n) is 2.63. The van der Waals surface area contributed by atoms with Crippen molar-refractivity contribution in [3.05, 3.63) is 24.0 Å². The Hall–Kier alpha value is -1.62. The van der Waals surface area contributed by atoms with E-state index in [1.54, 1.807) is 6.07 Å². The number of aromatic nitrogens is 1. The van der Waals surface area contributed by atoms with Gasteiger partial charge in [0.1, 0.15) is 5.75 Å². The number of rotatable bonds is 2. The molecule has 0 saturated carbocycles. The van der Waals surface area contributed by atoms with E-state index in [1.165, 1.54) is 12.3 Å². The van der Waals surface area contributed by atoms with E-state index in [4.69, 9.17) is 0 Å². The highest BCUT2D eigenvalue weighted by molar-refractivity contribution is 5.94. The number of aromatic hydroxyl groups is 1. The number of nitrogens with zero attached hydrogens (tertiary/aromatic N) is 1. The predicted octanol–water partition coefficient (Wildman–Crippen LogP) is 0.269. The minimum atomic E-state index is -0.313. The van der Waals surface area contributed by atoms with Crippen molar-refractivity contribution in [3.63, 3.8) is 0 Å². The van der Waals surface area contributed by atoms with Crippen LogP contribution in [0, 0.1) is 0 Å². The summed E-state index contributed by atoms with van der Waals surface area (Å²) in [6, 6.07) is 3.18. The zero-order valence-corrected chi connectivity index (χ0v) is 8.94. The highest BCUT2D eigenvalue weighted by Gasteiger charge is 2.18. The van der Waals surface area contributed by atoms with E-state index in [0.717, 1.165) is 25.9 Å². The minimum absolute atomic E-state index is 0.0798. The highest BCUT2D eigenvalue weighted by atomic mass is 16.3. The van der Waals surface area contributed by atoms with Crippen LogP contribution in [0.1, 0.15) is 23.3 Å². The summed E-state index contributed by atoms with van der Waals surface area (Å²) in [6.07, 6.45) is 3.51. The first-order chi connectivity index (χ1) is 7.77. The third-order valence-corrected chi connectivity index (χ3v) is 2.63. The third kappa shape index (κ3) is 2.49. The quantitative estimate of drug-likeness (QED) is 0.670. The van der Waals surface area contributed by atoms with Gasteiger partial charge in [-0.2, -0.15) is 0 Å². The number of hydrogen-bond acceptors (Lipinski definition) is 4. The summed E-state index contributed by atoms with van der Waals surface area (Å²) < 4.78 is 0. The fourth-order valence-electron chi connectivity index (χ4n) is 1.80. The molecule has 86 valence electrons. The van der Waals surface area contributed by atoms with Gasteiger partial charge in [0, 0.05) is 18.8 Å². The van der Waals surface area contributed by atoms with Crippen LogP contribution in [0.2, 0.25) is 0 Å². The molecule has 1 fully saturated rings. The molecule has 2 heterocycles. The molecule has 0 spiro atoms. The van der Waals surface area contributed by atoms with Crippen LogP contribution in [0.25, 0.3) is 0 Å². The Morgan fingerprint density at radius 3 is 3.19 bits per heavy atom. The van der Waals surface area contributed by atoms with E-state index in [9.17, 15) is 9.90 Å². The second-order valence-corrected chi connectivity index (χ2v) is 3.89. The summed E-state index contributed by atoms with van der Waals surface area (Å²) >= 11 is 0. The van der Waals surface area contributed by atoms with Crippen LogP contribution in [-0.2, 0) is 0 Å². The van der Waals surface area contributed by atoms with E-state index in [1.807, 2.05) is 0 Å². The molecule has 0 aliphatic carbocycles. The van der Waals surface area contributed by atoms with Crippen molar-refractivity contribution in [2.24, 2.45) is 0 Å². The Bertz CT molecular complexity index is 375. The molecule has 1 aromatic rings. The lowest BCUT2D eigenvalue weighted by molar-refractivity contribution is 0.0922. The van der Waals surface area contributed by atoms with Gasteiger partial charge in [0.15, 0.2) is 5.69 Å². The smallest absolute Gasteiger partial charge is 0.273 e. The van der Waals surface area contributed by atoms with Gasteiger partial charge >= 0.3 is 0 Å². The van der Waals surface area contributed by atoms with E-state index >= 15 is 0 Å². The summed E-state index contributed by atoms with van der Waals surface area (Å²) in [5, 5.41) is 15.5. The van der Waals surface area contributed by atoms with E-state index in [2.05, 4.69) is 15.6 Å². The van der Waals surface area contributed by atoms with Gasteiger partial charge in [-0.25, -0.2) is 4.98 Å². The van der Waals surface area contributed by atoms with Crippen molar-refractivity contribution in [1.29, 1.82) is 0 Å². The standard InChI is InChI=1S/C11H15N3O2/c15-9-4-2-6-13-10(9)11(16)14-8-3-1-5-12-7-8/h2,4,6,8,12,15H,1,3,5,7H2,(H,14,16)/t8-/m0/s1. The molecule has 0 bridgehead atoms. The molecule has 5 nitrogen and oxygen atoms in total. The predicted molar refractivity (Wildman–Crippen MR) is 59.3 cm³/mol. The van der Waals surface area contributed by atoms with Crippen molar-refractivity contribution in [2.45, 2.75) is 18.9 Å². The van der Waals surface area contributed by atoms with Crippen molar-refractivity contribution < 1.29 is 9.90 Å². The number of carbonyl (C=O) groups is 1. The molecule has 5 heteroatoms. The fourth-order valence-corrected chi connectivity index (χ4v) is 1.80. The molecule has 1 amide bonds.